The van der Waals surface area contributed by atoms with Crippen molar-refractivity contribution in [3.8, 4) is 11.5 Å². The van der Waals surface area contributed by atoms with Crippen LogP contribution in [-0.4, -0.2) is 23.7 Å². The molecule has 0 unspecified atom stereocenters. The lowest BCUT2D eigenvalue weighted by atomic mass is 10.0. The van der Waals surface area contributed by atoms with Crippen LogP contribution in [0.2, 0.25) is 0 Å². The Morgan fingerprint density at radius 3 is 2.29 bits per heavy atom. The molecule has 28 heavy (non-hydrogen) atoms. The molecule has 1 N–H and O–H groups in total. The van der Waals surface area contributed by atoms with Crippen molar-refractivity contribution in [1.29, 1.82) is 0 Å². The largest absolute Gasteiger partial charge is 0.490 e. The number of rotatable bonds is 14. The van der Waals surface area contributed by atoms with E-state index in [1.165, 1.54) is 12.8 Å². The summed E-state index contributed by atoms with van der Waals surface area (Å²) in [6.07, 6.45) is 9.66. The summed E-state index contributed by atoms with van der Waals surface area (Å²) in [6, 6.07) is 5.15. The number of unbranched alkanes of at least 4 members (excludes halogenated alkanes) is 5. The average molecular weight is 391 g/mol. The van der Waals surface area contributed by atoms with E-state index in [0.717, 1.165) is 37.7 Å². The summed E-state index contributed by atoms with van der Waals surface area (Å²) in [5.74, 6) is -0.348. The fourth-order valence-electron chi connectivity index (χ4n) is 2.82. The van der Waals surface area contributed by atoms with E-state index in [1.807, 2.05) is 13.8 Å². The first kappa shape index (κ1) is 23.7. The number of hydrogen-bond acceptors (Lipinski definition) is 4. The van der Waals surface area contributed by atoms with Gasteiger partial charge in [-0.2, -0.15) is 0 Å². The maximum Gasteiger partial charge on any atom is 0.331 e. The number of hydrogen-bond donors (Lipinski definition) is 1. The Bertz CT molecular complexity index is 648. The molecule has 0 radical (unpaired) electrons. The normalized spacial score (nSPS) is 11.3. The van der Waals surface area contributed by atoms with Crippen LogP contribution in [0.5, 0.6) is 11.5 Å². The maximum atomic E-state index is 12.1. The zero-order valence-corrected chi connectivity index (χ0v) is 17.5. The zero-order valence-electron chi connectivity index (χ0n) is 17.5. The minimum atomic E-state index is -0.912. The lowest BCUT2D eigenvalue weighted by molar-refractivity contribution is -0.135. The molecule has 0 saturated heterocycles. The molecule has 1 aromatic carbocycles. The topological polar surface area (TPSA) is 72.8 Å². The van der Waals surface area contributed by atoms with Gasteiger partial charge in [-0.05, 0) is 50.0 Å². The van der Waals surface area contributed by atoms with Gasteiger partial charge >= 0.3 is 11.9 Å². The van der Waals surface area contributed by atoms with Crippen molar-refractivity contribution in [3.05, 3.63) is 29.3 Å². The summed E-state index contributed by atoms with van der Waals surface area (Å²) in [5.41, 5.74) is 1.08. The van der Waals surface area contributed by atoms with E-state index >= 15 is 0 Å². The molecular formula is C23H34O5. The molecule has 0 aliphatic rings. The minimum absolute atomic E-state index is 0.269. The number of aliphatic carboxylic acids is 1. The van der Waals surface area contributed by atoms with Gasteiger partial charge in [-0.15, -0.1) is 0 Å². The fraction of sp³-hybridized carbons (Fsp3) is 0.565. The summed E-state index contributed by atoms with van der Waals surface area (Å²) in [4.78, 5) is 23.5. The van der Waals surface area contributed by atoms with E-state index in [1.54, 1.807) is 24.3 Å². The summed E-state index contributed by atoms with van der Waals surface area (Å²) >= 11 is 0. The molecule has 0 aliphatic carbocycles. The van der Waals surface area contributed by atoms with Gasteiger partial charge in [-0.3, -0.25) is 4.79 Å². The number of esters is 1. The molecule has 1 aromatic rings. The molecule has 0 fully saturated rings. The molecule has 0 amide bonds. The van der Waals surface area contributed by atoms with Crippen LogP contribution in [0, 0.1) is 0 Å². The van der Waals surface area contributed by atoms with Gasteiger partial charge in [-0.25, -0.2) is 4.79 Å². The van der Waals surface area contributed by atoms with E-state index in [4.69, 9.17) is 9.47 Å². The van der Waals surface area contributed by atoms with E-state index in [0.29, 0.717) is 36.5 Å². The van der Waals surface area contributed by atoms with E-state index < -0.39 is 5.97 Å². The van der Waals surface area contributed by atoms with Gasteiger partial charge in [0.15, 0.2) is 11.5 Å². The van der Waals surface area contributed by atoms with Crippen LogP contribution in [0.25, 0.3) is 6.08 Å². The van der Waals surface area contributed by atoms with Gasteiger partial charge in [0.2, 0.25) is 0 Å². The third kappa shape index (κ3) is 9.07. The van der Waals surface area contributed by atoms with Gasteiger partial charge in [0, 0.05) is 12.0 Å². The van der Waals surface area contributed by atoms with Gasteiger partial charge in [0.05, 0.1) is 6.61 Å². The van der Waals surface area contributed by atoms with Crippen molar-refractivity contribution in [2.75, 3.05) is 6.61 Å². The lowest BCUT2D eigenvalue weighted by Gasteiger charge is -2.12. The number of carboxylic acid groups (broad SMARTS) is 1. The predicted molar refractivity (Wildman–Crippen MR) is 112 cm³/mol. The Morgan fingerprint density at radius 1 is 0.929 bits per heavy atom. The fourth-order valence-corrected chi connectivity index (χ4v) is 2.82. The van der Waals surface area contributed by atoms with Crippen LogP contribution in [0.1, 0.15) is 84.1 Å². The highest BCUT2D eigenvalue weighted by atomic mass is 16.6. The second-order valence-electron chi connectivity index (χ2n) is 6.86. The number of carbonyl (C=O) groups is 2. The predicted octanol–water partition coefficient (Wildman–Crippen LogP) is 6.01. The van der Waals surface area contributed by atoms with Crippen LogP contribution in [-0.2, 0) is 9.59 Å². The molecule has 0 atom stereocenters. The Labute approximate surface area is 168 Å². The highest BCUT2D eigenvalue weighted by molar-refractivity contribution is 5.92. The molecule has 1 rings (SSSR count). The van der Waals surface area contributed by atoms with Crippen molar-refractivity contribution < 1.29 is 24.2 Å². The van der Waals surface area contributed by atoms with Gasteiger partial charge in [-0.1, -0.05) is 52.0 Å². The molecule has 0 heterocycles. The Hall–Kier alpha value is -2.30. The Morgan fingerprint density at radius 2 is 1.64 bits per heavy atom. The first-order chi connectivity index (χ1) is 13.5. The van der Waals surface area contributed by atoms with Crippen molar-refractivity contribution in [2.24, 2.45) is 0 Å². The first-order valence-corrected chi connectivity index (χ1v) is 10.4. The van der Waals surface area contributed by atoms with Gasteiger partial charge in [0.25, 0.3) is 0 Å². The SMILES string of the molecule is CCCCCCCC(=O)Oc1ccc(C=C(CCCC)C(=O)O)cc1OCC. The van der Waals surface area contributed by atoms with Crippen molar-refractivity contribution >= 4 is 18.0 Å². The van der Waals surface area contributed by atoms with Crippen molar-refractivity contribution in [1.82, 2.24) is 0 Å². The second kappa shape index (κ2) is 13.8. The molecule has 156 valence electrons. The summed E-state index contributed by atoms with van der Waals surface area (Å²) in [7, 11) is 0. The van der Waals surface area contributed by atoms with Crippen LogP contribution in [0.4, 0.5) is 0 Å². The van der Waals surface area contributed by atoms with Crippen LogP contribution in [0.3, 0.4) is 0 Å². The molecule has 0 saturated carbocycles. The minimum Gasteiger partial charge on any atom is -0.490 e. The highest BCUT2D eigenvalue weighted by Crippen LogP contribution is 2.30. The third-order valence-corrected chi connectivity index (χ3v) is 4.39. The number of benzene rings is 1. The smallest absolute Gasteiger partial charge is 0.331 e. The summed E-state index contributed by atoms with van der Waals surface area (Å²) in [6.45, 7) is 6.47. The lowest BCUT2D eigenvalue weighted by Crippen LogP contribution is -2.09. The Balaban J connectivity index is 2.83. The van der Waals surface area contributed by atoms with E-state index in [-0.39, 0.29) is 5.97 Å². The monoisotopic (exact) mass is 390 g/mol. The second-order valence-corrected chi connectivity index (χ2v) is 6.86. The zero-order chi connectivity index (χ0) is 20.8. The summed E-state index contributed by atoms with van der Waals surface area (Å²) in [5, 5.41) is 9.37. The van der Waals surface area contributed by atoms with Crippen LogP contribution < -0.4 is 9.47 Å². The third-order valence-electron chi connectivity index (χ3n) is 4.39. The molecule has 0 bridgehead atoms. The quantitative estimate of drug-likeness (QED) is 0.182. The van der Waals surface area contributed by atoms with E-state index in [9.17, 15) is 14.7 Å². The molecule has 5 nitrogen and oxygen atoms in total. The van der Waals surface area contributed by atoms with Gasteiger partial charge in [0.1, 0.15) is 0 Å². The highest BCUT2D eigenvalue weighted by Gasteiger charge is 2.12. The van der Waals surface area contributed by atoms with Crippen LogP contribution in [0.15, 0.2) is 23.8 Å². The first-order valence-electron chi connectivity index (χ1n) is 10.4. The molecule has 5 heteroatoms. The standard InChI is InChI=1S/C23H34O5/c1-4-7-9-10-11-13-22(24)28-20-15-14-18(17-21(20)27-6-3)16-19(23(25)26)12-8-5-2/h14-17H,4-13H2,1-3H3,(H,25,26). The molecule has 0 aliphatic heterocycles. The van der Waals surface area contributed by atoms with Crippen molar-refractivity contribution in [3.63, 3.8) is 0 Å². The number of ether oxygens (including phenoxy) is 2. The van der Waals surface area contributed by atoms with Gasteiger partial charge < -0.3 is 14.6 Å². The maximum absolute atomic E-state index is 12.1. The van der Waals surface area contributed by atoms with E-state index in [2.05, 4.69) is 6.92 Å². The molecular weight excluding hydrogens is 356 g/mol. The summed E-state index contributed by atoms with van der Waals surface area (Å²) < 4.78 is 11.1. The Kier molecular flexibility index (Phi) is 11.7. The molecule has 0 spiro atoms. The number of carboxylic acids is 1. The molecule has 0 aromatic heterocycles. The van der Waals surface area contributed by atoms with Crippen LogP contribution >= 0.6 is 0 Å². The van der Waals surface area contributed by atoms with Crippen molar-refractivity contribution in [2.45, 2.75) is 78.6 Å². The average Bonchev–Trinajstić information content (AvgIpc) is 2.66. The number of carbonyl (C=O) groups excluding carboxylic acids is 1.